The van der Waals surface area contributed by atoms with E-state index in [4.69, 9.17) is 4.74 Å². The van der Waals surface area contributed by atoms with E-state index in [0.717, 1.165) is 43.3 Å². The van der Waals surface area contributed by atoms with E-state index in [-0.39, 0.29) is 35.5 Å². The Bertz CT molecular complexity index is 668. The monoisotopic (exact) mass is 496 g/mol. The van der Waals surface area contributed by atoms with Gasteiger partial charge in [0.05, 0.1) is 18.6 Å². The summed E-state index contributed by atoms with van der Waals surface area (Å²) in [5, 5.41) is 6.56. The van der Waals surface area contributed by atoms with Crippen molar-refractivity contribution in [2.24, 2.45) is 4.99 Å². The summed E-state index contributed by atoms with van der Waals surface area (Å²) < 4.78 is 28.2. The Labute approximate surface area is 173 Å². The average molecular weight is 496 g/mol. The number of guanidine groups is 1. The fraction of sp³-hybridized carbons (Fsp3) is 0.588. The predicted molar refractivity (Wildman–Crippen MR) is 117 cm³/mol. The third kappa shape index (κ3) is 7.67. The van der Waals surface area contributed by atoms with Crippen molar-refractivity contribution in [1.29, 1.82) is 0 Å². The van der Waals surface area contributed by atoms with Crippen molar-refractivity contribution in [3.05, 3.63) is 29.8 Å². The van der Waals surface area contributed by atoms with E-state index in [0.29, 0.717) is 13.1 Å². The molecule has 0 aliphatic carbocycles. The molecule has 1 aliphatic rings. The van der Waals surface area contributed by atoms with Crippen molar-refractivity contribution in [1.82, 2.24) is 15.5 Å². The number of rotatable bonds is 7. The number of nitrogens with zero attached hydrogens (tertiary/aromatic N) is 2. The fourth-order valence-corrected chi connectivity index (χ4v) is 4.03. The first-order valence-electron chi connectivity index (χ1n) is 8.53. The molecule has 1 saturated heterocycles. The first-order chi connectivity index (χ1) is 12.0. The van der Waals surface area contributed by atoms with Gasteiger partial charge in [-0.05, 0) is 18.1 Å². The van der Waals surface area contributed by atoms with Gasteiger partial charge in [-0.25, -0.2) is 8.42 Å². The second kappa shape index (κ2) is 11.6. The van der Waals surface area contributed by atoms with Crippen molar-refractivity contribution >= 4 is 39.8 Å². The second-order valence-corrected chi connectivity index (χ2v) is 8.28. The summed E-state index contributed by atoms with van der Waals surface area (Å²) >= 11 is 0. The number of hydrogen-bond acceptors (Lipinski definition) is 5. The molecule has 0 saturated carbocycles. The Hall–Kier alpha value is -1.07. The molecule has 2 rings (SSSR count). The molecule has 0 radical (unpaired) electrons. The third-order valence-electron chi connectivity index (χ3n) is 4.26. The topological polar surface area (TPSA) is 83.0 Å². The van der Waals surface area contributed by atoms with Crippen LogP contribution in [0.1, 0.15) is 5.56 Å². The van der Waals surface area contributed by atoms with Gasteiger partial charge < -0.3 is 15.4 Å². The van der Waals surface area contributed by atoms with Crippen LogP contribution in [-0.2, 0) is 16.3 Å². The van der Waals surface area contributed by atoms with E-state index in [1.54, 1.807) is 14.2 Å². The van der Waals surface area contributed by atoms with Crippen molar-refractivity contribution in [3.63, 3.8) is 0 Å². The van der Waals surface area contributed by atoms with Gasteiger partial charge in [0.15, 0.2) is 15.8 Å². The summed E-state index contributed by atoms with van der Waals surface area (Å²) in [4.78, 5) is 6.38. The van der Waals surface area contributed by atoms with Crippen LogP contribution in [0.25, 0.3) is 0 Å². The number of para-hydroxylation sites is 1. The molecular weight excluding hydrogens is 467 g/mol. The number of aliphatic imine (C=N–C) groups is 1. The highest BCUT2D eigenvalue weighted by Gasteiger charge is 2.20. The number of nitrogens with one attached hydrogen (secondary N) is 2. The molecule has 1 aliphatic heterocycles. The number of methoxy groups -OCH3 is 1. The normalized spacial score (nSPS) is 17.2. The minimum absolute atomic E-state index is 0. The Morgan fingerprint density at radius 1 is 1.19 bits per heavy atom. The van der Waals surface area contributed by atoms with Gasteiger partial charge in [0.25, 0.3) is 0 Å². The first kappa shape index (κ1) is 23.0. The maximum absolute atomic E-state index is 11.4. The Morgan fingerprint density at radius 3 is 2.50 bits per heavy atom. The van der Waals surface area contributed by atoms with Gasteiger partial charge in [-0.1, -0.05) is 18.2 Å². The van der Waals surface area contributed by atoms with Crippen LogP contribution in [0.4, 0.5) is 0 Å². The Morgan fingerprint density at radius 2 is 1.85 bits per heavy atom. The van der Waals surface area contributed by atoms with E-state index < -0.39 is 9.84 Å². The Balaban J connectivity index is 0.00000338. The molecule has 0 bridgehead atoms. The van der Waals surface area contributed by atoms with Crippen LogP contribution in [0.3, 0.4) is 0 Å². The number of hydrogen-bond donors (Lipinski definition) is 2. The fourth-order valence-electron chi connectivity index (χ4n) is 2.75. The Kier molecular flexibility index (Phi) is 10.3. The zero-order chi connectivity index (χ0) is 18.1. The van der Waals surface area contributed by atoms with Gasteiger partial charge in [-0.3, -0.25) is 9.89 Å². The standard InChI is InChI=1S/C17H28N4O3S.HI/c1-18-17(19-8-7-15-5-3-4-6-16(15)24-2)20-9-10-21-11-13-25(22,23)14-12-21;/h3-6H,7-14H2,1-2H3,(H2,18,19,20);1H. The molecule has 9 heteroatoms. The highest BCUT2D eigenvalue weighted by atomic mass is 127. The third-order valence-corrected chi connectivity index (χ3v) is 5.87. The lowest BCUT2D eigenvalue weighted by atomic mass is 10.1. The average Bonchev–Trinajstić information content (AvgIpc) is 2.62. The van der Waals surface area contributed by atoms with Gasteiger partial charge in [-0.2, -0.15) is 0 Å². The van der Waals surface area contributed by atoms with Crippen LogP contribution in [0.2, 0.25) is 0 Å². The summed E-state index contributed by atoms with van der Waals surface area (Å²) in [7, 11) is 0.607. The summed E-state index contributed by atoms with van der Waals surface area (Å²) in [6.07, 6.45) is 0.842. The summed E-state index contributed by atoms with van der Waals surface area (Å²) in [6, 6.07) is 7.98. The molecule has 1 aromatic rings. The van der Waals surface area contributed by atoms with Crippen molar-refractivity contribution < 1.29 is 13.2 Å². The van der Waals surface area contributed by atoms with Crippen molar-refractivity contribution in [2.75, 3.05) is 58.4 Å². The molecule has 1 fully saturated rings. The lowest BCUT2D eigenvalue weighted by molar-refractivity contribution is 0.299. The van der Waals surface area contributed by atoms with Crippen molar-refractivity contribution in [2.45, 2.75) is 6.42 Å². The zero-order valence-corrected chi connectivity index (χ0v) is 18.5. The van der Waals surface area contributed by atoms with Crippen LogP contribution in [0.15, 0.2) is 29.3 Å². The highest BCUT2D eigenvalue weighted by molar-refractivity contribution is 14.0. The summed E-state index contributed by atoms with van der Waals surface area (Å²) in [6.45, 7) is 3.52. The van der Waals surface area contributed by atoms with Crippen LogP contribution < -0.4 is 15.4 Å². The highest BCUT2D eigenvalue weighted by Crippen LogP contribution is 2.17. The quantitative estimate of drug-likeness (QED) is 0.330. The molecular formula is C17H29IN4O3S. The van der Waals surface area contributed by atoms with Gasteiger partial charge in [0.2, 0.25) is 0 Å². The molecule has 7 nitrogen and oxygen atoms in total. The van der Waals surface area contributed by atoms with Crippen molar-refractivity contribution in [3.8, 4) is 5.75 Å². The molecule has 26 heavy (non-hydrogen) atoms. The summed E-state index contributed by atoms with van der Waals surface area (Å²) in [5.74, 6) is 2.17. The van der Waals surface area contributed by atoms with Crippen LogP contribution >= 0.6 is 24.0 Å². The summed E-state index contributed by atoms with van der Waals surface area (Å²) in [5.41, 5.74) is 1.16. The molecule has 0 unspecified atom stereocenters. The van der Waals surface area contributed by atoms with Crippen LogP contribution in [0, 0.1) is 0 Å². The number of ether oxygens (including phenoxy) is 1. The van der Waals surface area contributed by atoms with E-state index >= 15 is 0 Å². The van der Waals surface area contributed by atoms with Crippen LogP contribution in [-0.4, -0.2) is 77.7 Å². The molecule has 1 heterocycles. The number of halogens is 1. The zero-order valence-electron chi connectivity index (χ0n) is 15.4. The largest absolute Gasteiger partial charge is 0.496 e. The maximum atomic E-state index is 11.4. The minimum Gasteiger partial charge on any atom is -0.496 e. The van der Waals surface area contributed by atoms with Gasteiger partial charge in [0, 0.05) is 39.8 Å². The van der Waals surface area contributed by atoms with Gasteiger partial charge >= 0.3 is 0 Å². The molecule has 148 valence electrons. The van der Waals surface area contributed by atoms with E-state index in [9.17, 15) is 8.42 Å². The van der Waals surface area contributed by atoms with E-state index in [2.05, 4.69) is 26.6 Å². The lowest BCUT2D eigenvalue weighted by Gasteiger charge is -2.26. The number of sulfone groups is 1. The lowest BCUT2D eigenvalue weighted by Crippen LogP contribution is -2.46. The molecule has 0 amide bonds. The van der Waals surface area contributed by atoms with Crippen LogP contribution in [0.5, 0.6) is 5.75 Å². The van der Waals surface area contributed by atoms with Gasteiger partial charge in [-0.15, -0.1) is 24.0 Å². The van der Waals surface area contributed by atoms with E-state index in [1.807, 2.05) is 18.2 Å². The SMILES string of the molecule is CN=C(NCCc1ccccc1OC)NCCN1CCS(=O)(=O)CC1.I. The molecule has 2 N–H and O–H groups in total. The van der Waals surface area contributed by atoms with E-state index in [1.165, 1.54) is 0 Å². The maximum Gasteiger partial charge on any atom is 0.191 e. The number of benzene rings is 1. The first-order valence-corrected chi connectivity index (χ1v) is 10.4. The minimum atomic E-state index is -2.81. The smallest absolute Gasteiger partial charge is 0.191 e. The molecule has 0 aromatic heterocycles. The molecule has 0 atom stereocenters. The van der Waals surface area contributed by atoms with Gasteiger partial charge in [0.1, 0.15) is 5.75 Å². The second-order valence-electron chi connectivity index (χ2n) is 5.98. The molecule has 0 spiro atoms. The molecule has 1 aromatic carbocycles. The predicted octanol–water partition coefficient (Wildman–Crippen LogP) is 0.751.